The molecule has 0 radical (unpaired) electrons. The Hall–Kier alpha value is -2.88. The van der Waals surface area contributed by atoms with Gasteiger partial charge in [0, 0.05) is 36.7 Å². The Labute approximate surface area is 172 Å². The van der Waals surface area contributed by atoms with Crippen LogP contribution in [-0.2, 0) is 5.54 Å². The molecule has 0 amide bonds. The predicted molar refractivity (Wildman–Crippen MR) is 117 cm³/mol. The molecule has 1 aromatic heterocycles. The summed E-state index contributed by atoms with van der Waals surface area (Å²) < 4.78 is 7.83. The van der Waals surface area contributed by atoms with Crippen molar-refractivity contribution in [2.45, 2.75) is 37.1 Å². The van der Waals surface area contributed by atoms with Gasteiger partial charge in [0.2, 0.25) is 0 Å². The summed E-state index contributed by atoms with van der Waals surface area (Å²) >= 11 is 0. The Balaban J connectivity index is 1.27. The number of nitrogens with zero attached hydrogens (tertiary/aromatic N) is 2. The first-order valence-electron chi connectivity index (χ1n) is 10.8. The molecule has 0 atom stereocenters. The Bertz CT molecular complexity index is 1040. The standard InChI is InChI=1S/C25H27N3O/c1-29-21-10-11-23-22(17-21)26-25(24-3-2-14-28(23)24)12-15-27(16-13-25)20-8-6-19(7-9-20)18-4-5-18/h2-3,6-11,14,17-18,26H,4-5,12-13,15-16H2,1H3. The number of ether oxygens (including phenoxy) is 1. The molecular weight excluding hydrogens is 358 g/mol. The summed E-state index contributed by atoms with van der Waals surface area (Å²) in [5.74, 6) is 1.72. The van der Waals surface area contributed by atoms with E-state index in [1.807, 2.05) is 6.07 Å². The summed E-state index contributed by atoms with van der Waals surface area (Å²) in [7, 11) is 1.73. The number of hydrogen-bond acceptors (Lipinski definition) is 3. The Kier molecular flexibility index (Phi) is 3.70. The van der Waals surface area contributed by atoms with Gasteiger partial charge in [0.05, 0.1) is 24.0 Å². The third kappa shape index (κ3) is 2.73. The number of hydrogen-bond donors (Lipinski definition) is 1. The fraction of sp³-hybridized carbons (Fsp3) is 0.360. The minimum atomic E-state index is -0.0205. The maximum absolute atomic E-state index is 5.47. The Morgan fingerprint density at radius 1 is 1.00 bits per heavy atom. The molecule has 1 saturated carbocycles. The molecule has 4 nitrogen and oxygen atoms in total. The van der Waals surface area contributed by atoms with Crippen molar-refractivity contribution in [3.8, 4) is 11.4 Å². The van der Waals surface area contributed by atoms with Crippen LogP contribution in [-0.4, -0.2) is 24.8 Å². The number of benzene rings is 2. The third-order valence-corrected chi connectivity index (χ3v) is 7.00. The number of rotatable bonds is 3. The van der Waals surface area contributed by atoms with Crippen LogP contribution in [0.4, 0.5) is 11.4 Å². The van der Waals surface area contributed by atoms with Crippen molar-refractivity contribution < 1.29 is 4.74 Å². The lowest BCUT2D eigenvalue weighted by Gasteiger charge is -2.47. The number of methoxy groups -OCH3 is 1. The highest BCUT2D eigenvalue weighted by Crippen LogP contribution is 2.45. The van der Waals surface area contributed by atoms with Gasteiger partial charge in [-0.3, -0.25) is 0 Å². The first-order chi connectivity index (χ1) is 14.3. The van der Waals surface area contributed by atoms with Gasteiger partial charge < -0.3 is 19.5 Å². The average molecular weight is 386 g/mol. The van der Waals surface area contributed by atoms with Crippen LogP contribution in [0.1, 0.15) is 42.9 Å². The quantitative estimate of drug-likeness (QED) is 0.665. The molecule has 4 heteroatoms. The van der Waals surface area contributed by atoms with Gasteiger partial charge in [-0.25, -0.2) is 0 Å². The average Bonchev–Trinajstić information content (AvgIpc) is 3.50. The second kappa shape index (κ2) is 6.31. The molecule has 3 aliphatic rings. The zero-order valence-corrected chi connectivity index (χ0v) is 16.9. The number of nitrogens with one attached hydrogen (secondary N) is 1. The van der Waals surface area contributed by atoms with Gasteiger partial charge in [-0.05, 0) is 73.6 Å². The van der Waals surface area contributed by atoms with Crippen molar-refractivity contribution >= 4 is 11.4 Å². The maximum Gasteiger partial charge on any atom is 0.121 e. The van der Waals surface area contributed by atoms with Gasteiger partial charge in [-0.2, -0.15) is 0 Å². The van der Waals surface area contributed by atoms with E-state index in [2.05, 4.69) is 69.5 Å². The predicted octanol–water partition coefficient (Wildman–Crippen LogP) is 5.28. The van der Waals surface area contributed by atoms with E-state index >= 15 is 0 Å². The highest BCUT2D eigenvalue weighted by molar-refractivity contribution is 5.69. The third-order valence-electron chi connectivity index (χ3n) is 7.00. The molecule has 0 bridgehead atoms. The van der Waals surface area contributed by atoms with Crippen molar-refractivity contribution in [1.82, 2.24) is 4.57 Å². The molecule has 1 spiro atoms. The lowest BCUT2D eigenvalue weighted by Crippen LogP contribution is -2.49. The highest BCUT2D eigenvalue weighted by Gasteiger charge is 2.41. The van der Waals surface area contributed by atoms with Gasteiger partial charge in [-0.15, -0.1) is 0 Å². The van der Waals surface area contributed by atoms with Crippen LogP contribution in [0.2, 0.25) is 0 Å². The molecule has 29 heavy (non-hydrogen) atoms. The lowest BCUT2D eigenvalue weighted by molar-refractivity contribution is 0.355. The molecule has 2 aromatic carbocycles. The number of piperidine rings is 1. The van der Waals surface area contributed by atoms with E-state index in [0.717, 1.165) is 43.3 Å². The van der Waals surface area contributed by atoms with Gasteiger partial charge >= 0.3 is 0 Å². The fourth-order valence-corrected chi connectivity index (χ4v) is 5.16. The minimum absolute atomic E-state index is 0.0205. The van der Waals surface area contributed by atoms with E-state index in [-0.39, 0.29) is 5.54 Å². The zero-order valence-electron chi connectivity index (χ0n) is 16.9. The Morgan fingerprint density at radius 2 is 1.79 bits per heavy atom. The molecule has 1 aliphatic carbocycles. The molecule has 1 N–H and O–H groups in total. The van der Waals surface area contributed by atoms with Gasteiger partial charge in [-0.1, -0.05) is 12.1 Å². The summed E-state index contributed by atoms with van der Waals surface area (Å²) in [5, 5.41) is 3.91. The minimum Gasteiger partial charge on any atom is -0.497 e. The van der Waals surface area contributed by atoms with Crippen LogP contribution in [0.25, 0.3) is 5.69 Å². The van der Waals surface area contributed by atoms with Crippen LogP contribution < -0.4 is 15.0 Å². The molecule has 6 rings (SSSR count). The van der Waals surface area contributed by atoms with Crippen LogP contribution >= 0.6 is 0 Å². The molecule has 2 aliphatic heterocycles. The number of anilines is 2. The molecular formula is C25H27N3O. The van der Waals surface area contributed by atoms with Gasteiger partial charge in [0.15, 0.2) is 0 Å². The van der Waals surface area contributed by atoms with E-state index in [1.54, 1.807) is 7.11 Å². The van der Waals surface area contributed by atoms with Crippen molar-refractivity contribution in [2.75, 3.05) is 30.4 Å². The molecule has 1 saturated heterocycles. The summed E-state index contributed by atoms with van der Waals surface area (Å²) in [5.41, 5.74) is 6.59. The SMILES string of the molecule is COc1ccc2c(c1)NC1(CCN(c3ccc(C4CC4)cc3)CC1)c1cccn1-2. The van der Waals surface area contributed by atoms with E-state index in [1.165, 1.54) is 35.5 Å². The smallest absolute Gasteiger partial charge is 0.121 e. The molecule has 3 heterocycles. The summed E-state index contributed by atoms with van der Waals surface area (Å²) in [6.45, 7) is 2.11. The van der Waals surface area contributed by atoms with Crippen LogP contribution in [0.5, 0.6) is 5.75 Å². The summed E-state index contributed by atoms with van der Waals surface area (Å²) in [6, 6.07) is 20.1. The van der Waals surface area contributed by atoms with E-state index in [0.29, 0.717) is 0 Å². The number of aromatic nitrogens is 1. The second-order valence-corrected chi connectivity index (χ2v) is 8.71. The second-order valence-electron chi connectivity index (χ2n) is 8.71. The van der Waals surface area contributed by atoms with Gasteiger partial charge in [0.1, 0.15) is 5.75 Å². The first-order valence-corrected chi connectivity index (χ1v) is 10.8. The highest BCUT2D eigenvalue weighted by atomic mass is 16.5. The molecule has 3 aromatic rings. The largest absolute Gasteiger partial charge is 0.497 e. The molecule has 148 valence electrons. The van der Waals surface area contributed by atoms with E-state index in [9.17, 15) is 0 Å². The first kappa shape index (κ1) is 17.0. The van der Waals surface area contributed by atoms with Crippen molar-refractivity contribution in [3.63, 3.8) is 0 Å². The topological polar surface area (TPSA) is 29.4 Å². The lowest BCUT2D eigenvalue weighted by atomic mass is 9.82. The van der Waals surface area contributed by atoms with Crippen molar-refractivity contribution in [3.05, 3.63) is 72.1 Å². The molecule has 0 unspecified atom stereocenters. The van der Waals surface area contributed by atoms with Crippen LogP contribution in [0.15, 0.2) is 60.8 Å². The normalized spacial score (nSPS) is 19.4. The maximum atomic E-state index is 5.47. The van der Waals surface area contributed by atoms with Gasteiger partial charge in [0.25, 0.3) is 0 Å². The Morgan fingerprint density at radius 3 is 2.52 bits per heavy atom. The fourth-order valence-electron chi connectivity index (χ4n) is 5.16. The van der Waals surface area contributed by atoms with E-state index < -0.39 is 0 Å². The van der Waals surface area contributed by atoms with Crippen molar-refractivity contribution in [1.29, 1.82) is 0 Å². The van der Waals surface area contributed by atoms with Crippen molar-refractivity contribution in [2.24, 2.45) is 0 Å². The molecule has 2 fully saturated rings. The van der Waals surface area contributed by atoms with Crippen LogP contribution in [0, 0.1) is 0 Å². The summed E-state index contributed by atoms with van der Waals surface area (Å²) in [6.07, 6.45) is 7.08. The van der Waals surface area contributed by atoms with Crippen LogP contribution in [0.3, 0.4) is 0 Å². The van der Waals surface area contributed by atoms with E-state index in [4.69, 9.17) is 4.74 Å². The summed E-state index contributed by atoms with van der Waals surface area (Å²) in [4.78, 5) is 2.54. The monoisotopic (exact) mass is 385 g/mol. The zero-order chi connectivity index (χ0) is 19.4. The number of fused-ring (bicyclic) bond motifs is 4.